The third-order valence-electron chi connectivity index (χ3n) is 3.48. The summed E-state index contributed by atoms with van der Waals surface area (Å²) in [5.41, 5.74) is 0. The van der Waals surface area contributed by atoms with Gasteiger partial charge in [-0.15, -0.1) is 0 Å². The van der Waals surface area contributed by atoms with E-state index in [0.29, 0.717) is 12.1 Å². The zero-order valence-electron chi connectivity index (χ0n) is 10.4. The van der Waals surface area contributed by atoms with Gasteiger partial charge in [0.2, 0.25) is 0 Å². The zero-order chi connectivity index (χ0) is 11.3. The van der Waals surface area contributed by atoms with Gasteiger partial charge in [-0.05, 0) is 33.7 Å². The lowest BCUT2D eigenvalue weighted by atomic mass is 9.93. The zero-order valence-corrected chi connectivity index (χ0v) is 10.4. The molecule has 1 saturated carbocycles. The van der Waals surface area contributed by atoms with Crippen LogP contribution in [0.25, 0.3) is 0 Å². The largest absolute Gasteiger partial charge is 0.392 e. The average Bonchev–Trinajstić information content (AvgIpc) is 2.20. The molecule has 0 aromatic heterocycles. The molecule has 90 valence electrons. The van der Waals surface area contributed by atoms with Crippen LogP contribution in [0.3, 0.4) is 0 Å². The fourth-order valence-corrected chi connectivity index (χ4v) is 2.03. The summed E-state index contributed by atoms with van der Waals surface area (Å²) in [6.45, 7) is 6.45. The first-order valence-electron chi connectivity index (χ1n) is 6.23. The fraction of sp³-hybridized carbons (Fsp3) is 1.00. The Morgan fingerprint density at radius 1 is 1.33 bits per heavy atom. The first-order valence-corrected chi connectivity index (χ1v) is 6.23. The van der Waals surface area contributed by atoms with Gasteiger partial charge in [-0.2, -0.15) is 0 Å². The van der Waals surface area contributed by atoms with Crippen LogP contribution in [0, 0.1) is 0 Å². The third-order valence-corrected chi connectivity index (χ3v) is 3.48. The summed E-state index contributed by atoms with van der Waals surface area (Å²) >= 11 is 0. The molecular formula is C12H26N2O. The highest BCUT2D eigenvalue weighted by Gasteiger charge is 2.21. The molecule has 15 heavy (non-hydrogen) atoms. The SMILES string of the molecule is CC(C)N(C)CCN[C@H]1CCCC[C@@H]1O. The van der Waals surface area contributed by atoms with Crippen LogP contribution in [-0.4, -0.2) is 48.3 Å². The van der Waals surface area contributed by atoms with E-state index in [4.69, 9.17) is 0 Å². The van der Waals surface area contributed by atoms with Gasteiger partial charge in [-0.25, -0.2) is 0 Å². The van der Waals surface area contributed by atoms with Gasteiger partial charge in [0.1, 0.15) is 0 Å². The molecule has 0 aromatic rings. The van der Waals surface area contributed by atoms with Crippen LogP contribution in [0.2, 0.25) is 0 Å². The predicted octanol–water partition coefficient (Wildman–Crippen LogP) is 1.22. The Balaban J connectivity index is 2.13. The molecule has 0 saturated heterocycles. The number of aliphatic hydroxyl groups excluding tert-OH is 1. The Bertz CT molecular complexity index is 173. The third kappa shape index (κ3) is 4.49. The van der Waals surface area contributed by atoms with Crippen molar-refractivity contribution in [2.75, 3.05) is 20.1 Å². The topological polar surface area (TPSA) is 35.5 Å². The minimum absolute atomic E-state index is 0.122. The molecular weight excluding hydrogens is 188 g/mol. The molecule has 0 amide bonds. The first kappa shape index (κ1) is 12.9. The maximum atomic E-state index is 9.77. The Hall–Kier alpha value is -0.120. The van der Waals surface area contributed by atoms with Crippen molar-refractivity contribution < 1.29 is 5.11 Å². The number of likely N-dealkylation sites (N-methyl/N-ethyl adjacent to an activating group) is 1. The van der Waals surface area contributed by atoms with Gasteiger partial charge in [0.05, 0.1) is 6.10 Å². The van der Waals surface area contributed by atoms with Crippen LogP contribution in [0.5, 0.6) is 0 Å². The molecule has 0 aliphatic heterocycles. The van der Waals surface area contributed by atoms with Crippen molar-refractivity contribution in [3.63, 3.8) is 0 Å². The van der Waals surface area contributed by atoms with E-state index in [1.807, 2.05) is 0 Å². The molecule has 0 spiro atoms. The second kappa shape index (κ2) is 6.46. The van der Waals surface area contributed by atoms with Crippen LogP contribution in [-0.2, 0) is 0 Å². The first-order chi connectivity index (χ1) is 7.11. The number of hydrogen-bond acceptors (Lipinski definition) is 3. The summed E-state index contributed by atoms with van der Waals surface area (Å²) in [7, 11) is 2.14. The number of rotatable bonds is 5. The van der Waals surface area contributed by atoms with Crippen LogP contribution in [0.1, 0.15) is 39.5 Å². The summed E-state index contributed by atoms with van der Waals surface area (Å²) < 4.78 is 0. The van der Waals surface area contributed by atoms with Gasteiger partial charge in [0.25, 0.3) is 0 Å². The van der Waals surface area contributed by atoms with Gasteiger partial charge in [-0.3, -0.25) is 0 Å². The Labute approximate surface area is 93.9 Å². The summed E-state index contributed by atoms with van der Waals surface area (Å²) in [6, 6.07) is 0.933. The molecule has 3 nitrogen and oxygen atoms in total. The van der Waals surface area contributed by atoms with Crippen molar-refractivity contribution in [3.05, 3.63) is 0 Å². The normalized spacial score (nSPS) is 27.6. The summed E-state index contributed by atoms with van der Waals surface area (Å²) in [5.74, 6) is 0. The van der Waals surface area contributed by atoms with Crippen LogP contribution < -0.4 is 5.32 Å². The highest BCUT2D eigenvalue weighted by Crippen LogP contribution is 2.17. The van der Waals surface area contributed by atoms with Crippen LogP contribution in [0.4, 0.5) is 0 Å². The maximum Gasteiger partial charge on any atom is 0.0693 e. The lowest BCUT2D eigenvalue weighted by Gasteiger charge is -2.29. The minimum atomic E-state index is -0.122. The minimum Gasteiger partial charge on any atom is -0.392 e. The van der Waals surface area contributed by atoms with Crippen molar-refractivity contribution in [1.82, 2.24) is 10.2 Å². The van der Waals surface area contributed by atoms with Crippen molar-refractivity contribution in [2.45, 2.75) is 57.7 Å². The van der Waals surface area contributed by atoms with E-state index < -0.39 is 0 Å². The van der Waals surface area contributed by atoms with E-state index in [9.17, 15) is 5.11 Å². The average molecular weight is 214 g/mol. The molecule has 0 heterocycles. The van der Waals surface area contributed by atoms with Crippen LogP contribution >= 0.6 is 0 Å². The van der Waals surface area contributed by atoms with Gasteiger partial charge in [0.15, 0.2) is 0 Å². The van der Waals surface area contributed by atoms with E-state index in [-0.39, 0.29) is 6.10 Å². The lowest BCUT2D eigenvalue weighted by Crippen LogP contribution is -2.45. The Kier molecular flexibility index (Phi) is 5.58. The molecule has 0 radical (unpaired) electrons. The number of nitrogens with one attached hydrogen (secondary N) is 1. The number of aliphatic hydroxyl groups is 1. The molecule has 0 bridgehead atoms. The molecule has 1 aliphatic rings. The monoisotopic (exact) mass is 214 g/mol. The quantitative estimate of drug-likeness (QED) is 0.722. The highest BCUT2D eigenvalue weighted by molar-refractivity contribution is 4.80. The highest BCUT2D eigenvalue weighted by atomic mass is 16.3. The Morgan fingerprint density at radius 2 is 2.00 bits per heavy atom. The van der Waals surface area contributed by atoms with Crippen molar-refractivity contribution in [2.24, 2.45) is 0 Å². The van der Waals surface area contributed by atoms with Crippen molar-refractivity contribution in [3.8, 4) is 0 Å². The molecule has 0 aromatic carbocycles. The van der Waals surface area contributed by atoms with E-state index >= 15 is 0 Å². The van der Waals surface area contributed by atoms with Crippen LogP contribution in [0.15, 0.2) is 0 Å². The standard InChI is InChI=1S/C12H26N2O/c1-10(2)14(3)9-8-13-11-6-4-5-7-12(11)15/h10-13,15H,4-9H2,1-3H3/t11-,12-/m0/s1. The smallest absolute Gasteiger partial charge is 0.0693 e. The molecule has 0 unspecified atom stereocenters. The van der Waals surface area contributed by atoms with E-state index in [0.717, 1.165) is 25.9 Å². The second-order valence-corrected chi connectivity index (χ2v) is 4.99. The van der Waals surface area contributed by atoms with Gasteiger partial charge in [0, 0.05) is 25.2 Å². The van der Waals surface area contributed by atoms with E-state index in [1.165, 1.54) is 12.8 Å². The maximum absolute atomic E-state index is 9.77. The number of nitrogens with zero attached hydrogens (tertiary/aromatic N) is 1. The molecule has 1 fully saturated rings. The number of hydrogen-bond donors (Lipinski definition) is 2. The predicted molar refractivity (Wildman–Crippen MR) is 64.0 cm³/mol. The van der Waals surface area contributed by atoms with E-state index in [2.05, 4.69) is 31.1 Å². The molecule has 2 atom stereocenters. The van der Waals surface area contributed by atoms with Crippen molar-refractivity contribution >= 4 is 0 Å². The summed E-state index contributed by atoms with van der Waals surface area (Å²) in [5, 5.41) is 13.2. The van der Waals surface area contributed by atoms with Gasteiger partial charge in [-0.1, -0.05) is 12.8 Å². The van der Waals surface area contributed by atoms with Gasteiger partial charge >= 0.3 is 0 Å². The summed E-state index contributed by atoms with van der Waals surface area (Å²) in [6.07, 6.45) is 4.42. The molecule has 2 N–H and O–H groups in total. The molecule has 3 heteroatoms. The van der Waals surface area contributed by atoms with Gasteiger partial charge < -0.3 is 15.3 Å². The Morgan fingerprint density at radius 3 is 2.60 bits per heavy atom. The van der Waals surface area contributed by atoms with E-state index in [1.54, 1.807) is 0 Å². The van der Waals surface area contributed by atoms with Crippen molar-refractivity contribution in [1.29, 1.82) is 0 Å². The molecule has 1 aliphatic carbocycles. The fourth-order valence-electron chi connectivity index (χ4n) is 2.03. The summed E-state index contributed by atoms with van der Waals surface area (Å²) in [4.78, 5) is 2.32. The second-order valence-electron chi connectivity index (χ2n) is 4.99. The lowest BCUT2D eigenvalue weighted by molar-refractivity contribution is 0.0893. The molecule has 1 rings (SSSR count).